The molecule has 3 aromatic carbocycles. The maximum atomic E-state index is 6.11. The number of rotatable bonds is 6. The average molecular weight is 370 g/mol. The lowest BCUT2D eigenvalue weighted by Crippen LogP contribution is -2.03. The number of nitrogens with two attached hydrogens (primary N) is 1. The van der Waals surface area contributed by atoms with Gasteiger partial charge in [-0.15, -0.1) is 0 Å². The average Bonchev–Trinajstić information content (AvgIpc) is 2.59. The Labute approximate surface area is 145 Å². The van der Waals surface area contributed by atoms with Crippen molar-refractivity contribution in [2.75, 3.05) is 6.54 Å². The number of aryl methyl sites for hydroxylation is 1. The van der Waals surface area contributed by atoms with Gasteiger partial charge in [-0.3, -0.25) is 0 Å². The molecule has 3 heteroatoms. The minimum Gasteiger partial charge on any atom is -0.489 e. The van der Waals surface area contributed by atoms with Crippen LogP contribution < -0.4 is 10.5 Å². The molecule has 0 fully saturated rings. The van der Waals surface area contributed by atoms with Crippen molar-refractivity contribution in [3.05, 3.63) is 76.3 Å². The molecule has 3 aromatic rings. The van der Waals surface area contributed by atoms with Gasteiger partial charge in [0.1, 0.15) is 12.4 Å². The van der Waals surface area contributed by atoms with Gasteiger partial charge < -0.3 is 10.5 Å². The third-order valence-electron chi connectivity index (χ3n) is 3.94. The first-order valence-electron chi connectivity index (χ1n) is 7.86. The Kier molecular flexibility index (Phi) is 5.31. The standard InChI is InChI=1S/C20H20BrNO/c21-17-10-7-15(8-11-17)14-23-20-12-9-16-4-1-2-5-18(16)19(20)6-3-13-22/h1-2,4-5,7-12H,3,6,13-14,22H2. The summed E-state index contributed by atoms with van der Waals surface area (Å²) in [5.41, 5.74) is 8.12. The van der Waals surface area contributed by atoms with Crippen LogP contribution in [-0.2, 0) is 13.0 Å². The lowest BCUT2D eigenvalue weighted by Gasteiger charge is -2.14. The first kappa shape index (κ1) is 16.0. The Morgan fingerprint density at radius 2 is 1.70 bits per heavy atom. The van der Waals surface area contributed by atoms with E-state index < -0.39 is 0 Å². The van der Waals surface area contributed by atoms with Crippen molar-refractivity contribution < 1.29 is 4.74 Å². The molecule has 0 saturated heterocycles. The molecule has 0 heterocycles. The van der Waals surface area contributed by atoms with Crippen molar-refractivity contribution >= 4 is 26.7 Å². The van der Waals surface area contributed by atoms with E-state index in [1.54, 1.807) is 0 Å². The molecule has 0 spiro atoms. The molecular weight excluding hydrogens is 350 g/mol. The summed E-state index contributed by atoms with van der Waals surface area (Å²) in [6, 6.07) is 20.9. The number of hydrogen-bond donors (Lipinski definition) is 1. The van der Waals surface area contributed by atoms with E-state index in [0.717, 1.165) is 28.6 Å². The predicted octanol–water partition coefficient (Wildman–Crippen LogP) is 5.07. The third-order valence-corrected chi connectivity index (χ3v) is 4.46. The Balaban J connectivity index is 1.87. The van der Waals surface area contributed by atoms with Gasteiger partial charge in [-0.05, 0) is 53.9 Å². The number of ether oxygens (including phenoxy) is 1. The van der Waals surface area contributed by atoms with E-state index in [-0.39, 0.29) is 0 Å². The first-order chi connectivity index (χ1) is 11.3. The molecule has 0 amide bonds. The second-order valence-corrected chi connectivity index (χ2v) is 6.49. The predicted molar refractivity (Wildman–Crippen MR) is 99.8 cm³/mol. The molecule has 0 radical (unpaired) electrons. The number of fused-ring (bicyclic) bond motifs is 1. The number of benzene rings is 3. The molecule has 3 rings (SSSR count). The minimum atomic E-state index is 0.571. The molecular formula is C20H20BrNO. The highest BCUT2D eigenvalue weighted by Gasteiger charge is 2.09. The van der Waals surface area contributed by atoms with Crippen molar-refractivity contribution in [3.63, 3.8) is 0 Å². The van der Waals surface area contributed by atoms with E-state index in [1.165, 1.54) is 16.3 Å². The Hall–Kier alpha value is -1.84. The van der Waals surface area contributed by atoms with Crippen molar-refractivity contribution in [1.82, 2.24) is 0 Å². The highest BCUT2D eigenvalue weighted by atomic mass is 79.9. The van der Waals surface area contributed by atoms with Gasteiger partial charge >= 0.3 is 0 Å². The molecule has 0 aliphatic rings. The summed E-state index contributed by atoms with van der Waals surface area (Å²) in [6.07, 6.45) is 1.90. The molecule has 0 bridgehead atoms. The maximum Gasteiger partial charge on any atom is 0.123 e. The molecule has 2 N–H and O–H groups in total. The monoisotopic (exact) mass is 369 g/mol. The summed E-state index contributed by atoms with van der Waals surface area (Å²) in [7, 11) is 0. The molecule has 0 aromatic heterocycles. The van der Waals surface area contributed by atoms with Crippen LogP contribution >= 0.6 is 15.9 Å². The number of hydrogen-bond acceptors (Lipinski definition) is 2. The highest BCUT2D eigenvalue weighted by molar-refractivity contribution is 9.10. The molecule has 0 aliphatic carbocycles. The van der Waals surface area contributed by atoms with Gasteiger partial charge in [0.2, 0.25) is 0 Å². The van der Waals surface area contributed by atoms with Crippen LogP contribution in [0.15, 0.2) is 65.1 Å². The fraction of sp³-hybridized carbons (Fsp3) is 0.200. The van der Waals surface area contributed by atoms with Crippen LogP contribution in [0, 0.1) is 0 Å². The smallest absolute Gasteiger partial charge is 0.123 e. The van der Waals surface area contributed by atoms with Crippen molar-refractivity contribution in [1.29, 1.82) is 0 Å². The number of halogens is 1. The SMILES string of the molecule is NCCCc1c(OCc2ccc(Br)cc2)ccc2ccccc12. The third kappa shape index (κ3) is 3.92. The van der Waals surface area contributed by atoms with Gasteiger partial charge in [0.05, 0.1) is 0 Å². The summed E-state index contributed by atoms with van der Waals surface area (Å²) in [4.78, 5) is 0. The van der Waals surface area contributed by atoms with Gasteiger partial charge in [0.15, 0.2) is 0 Å². The maximum absolute atomic E-state index is 6.11. The fourth-order valence-electron chi connectivity index (χ4n) is 2.73. The van der Waals surface area contributed by atoms with Crippen LogP contribution in [0.25, 0.3) is 10.8 Å². The largest absolute Gasteiger partial charge is 0.489 e. The molecule has 0 atom stereocenters. The van der Waals surface area contributed by atoms with Crippen molar-refractivity contribution in [2.24, 2.45) is 5.73 Å². The van der Waals surface area contributed by atoms with Crippen LogP contribution in [0.1, 0.15) is 17.5 Å². The van der Waals surface area contributed by atoms with E-state index in [2.05, 4.69) is 64.5 Å². The topological polar surface area (TPSA) is 35.2 Å². The minimum absolute atomic E-state index is 0.571. The van der Waals surface area contributed by atoms with Gasteiger partial charge in [0.25, 0.3) is 0 Å². The molecule has 23 heavy (non-hydrogen) atoms. The quantitative estimate of drug-likeness (QED) is 0.657. The van der Waals surface area contributed by atoms with Crippen LogP contribution in [0.2, 0.25) is 0 Å². The Morgan fingerprint density at radius 1 is 0.913 bits per heavy atom. The zero-order valence-electron chi connectivity index (χ0n) is 13.0. The van der Waals surface area contributed by atoms with Gasteiger partial charge in [-0.2, -0.15) is 0 Å². The second kappa shape index (κ2) is 7.62. The van der Waals surface area contributed by atoms with Gasteiger partial charge in [-0.1, -0.05) is 58.4 Å². The van der Waals surface area contributed by atoms with E-state index in [0.29, 0.717) is 13.2 Å². The van der Waals surface area contributed by atoms with E-state index in [9.17, 15) is 0 Å². The van der Waals surface area contributed by atoms with Crippen LogP contribution in [-0.4, -0.2) is 6.54 Å². The van der Waals surface area contributed by atoms with Crippen LogP contribution in [0.4, 0.5) is 0 Å². The zero-order chi connectivity index (χ0) is 16.1. The zero-order valence-corrected chi connectivity index (χ0v) is 14.6. The molecule has 0 unspecified atom stereocenters. The first-order valence-corrected chi connectivity index (χ1v) is 8.65. The summed E-state index contributed by atoms with van der Waals surface area (Å²) >= 11 is 3.46. The van der Waals surface area contributed by atoms with E-state index in [1.807, 2.05) is 12.1 Å². The Bertz CT molecular complexity index is 783. The Morgan fingerprint density at radius 3 is 2.48 bits per heavy atom. The lowest BCUT2D eigenvalue weighted by molar-refractivity contribution is 0.303. The fourth-order valence-corrected chi connectivity index (χ4v) is 2.99. The summed E-state index contributed by atoms with van der Waals surface area (Å²) in [5.74, 6) is 0.958. The second-order valence-electron chi connectivity index (χ2n) is 5.57. The van der Waals surface area contributed by atoms with Crippen molar-refractivity contribution in [3.8, 4) is 5.75 Å². The molecule has 0 saturated carbocycles. The molecule has 118 valence electrons. The summed E-state index contributed by atoms with van der Waals surface area (Å²) < 4.78 is 7.19. The summed E-state index contributed by atoms with van der Waals surface area (Å²) in [6.45, 7) is 1.26. The lowest BCUT2D eigenvalue weighted by atomic mass is 9.99. The van der Waals surface area contributed by atoms with Crippen LogP contribution in [0.3, 0.4) is 0 Å². The van der Waals surface area contributed by atoms with Crippen LogP contribution in [0.5, 0.6) is 5.75 Å². The van der Waals surface area contributed by atoms with E-state index in [4.69, 9.17) is 10.5 Å². The highest BCUT2D eigenvalue weighted by Crippen LogP contribution is 2.30. The van der Waals surface area contributed by atoms with E-state index >= 15 is 0 Å². The van der Waals surface area contributed by atoms with Crippen molar-refractivity contribution in [2.45, 2.75) is 19.4 Å². The molecule has 2 nitrogen and oxygen atoms in total. The normalized spacial score (nSPS) is 10.9. The molecule has 0 aliphatic heterocycles. The summed E-state index contributed by atoms with van der Waals surface area (Å²) in [5, 5.41) is 2.50. The van der Waals surface area contributed by atoms with Gasteiger partial charge in [-0.25, -0.2) is 0 Å². The van der Waals surface area contributed by atoms with Gasteiger partial charge in [0, 0.05) is 10.0 Å².